The second kappa shape index (κ2) is 7.06. The number of nitriles is 1. The summed E-state index contributed by atoms with van der Waals surface area (Å²) in [5, 5.41) is 14.0. The minimum absolute atomic E-state index is 0.401. The second-order valence-electron chi connectivity index (χ2n) is 8.34. The van der Waals surface area contributed by atoms with Crippen LogP contribution >= 0.6 is 0 Å². The maximum Gasteiger partial charge on any atom is 0.141 e. The van der Waals surface area contributed by atoms with Crippen molar-refractivity contribution < 1.29 is 4.42 Å². The minimum Gasteiger partial charge on any atom is -0.456 e. The van der Waals surface area contributed by atoms with Crippen LogP contribution in [0.15, 0.2) is 108 Å². The van der Waals surface area contributed by atoms with Gasteiger partial charge in [0.05, 0.1) is 22.1 Å². The maximum absolute atomic E-state index is 9.41. The monoisotopic (exact) mass is 435 g/mol. The normalized spacial score (nSPS) is 11.5. The zero-order valence-electron chi connectivity index (χ0n) is 18.1. The Morgan fingerprint density at radius 2 is 1.53 bits per heavy atom. The van der Waals surface area contributed by atoms with Gasteiger partial charge in [0.1, 0.15) is 22.9 Å². The molecule has 3 heterocycles. The Bertz CT molecular complexity index is 1930. The maximum atomic E-state index is 9.41. The lowest BCUT2D eigenvalue weighted by Gasteiger charge is -2.14. The van der Waals surface area contributed by atoms with E-state index < -0.39 is 0 Å². The van der Waals surface area contributed by atoms with Gasteiger partial charge in [-0.25, -0.2) is 4.98 Å². The third-order valence-corrected chi connectivity index (χ3v) is 6.51. The SMILES string of the molecule is N#Cc1cc(-c2ccccc2-n2c3ccccc3c3ccc4oc5ccccc5c4c32)ccn1. The van der Waals surface area contributed by atoms with E-state index in [1.807, 2.05) is 30.3 Å². The van der Waals surface area contributed by atoms with Crippen LogP contribution < -0.4 is 0 Å². The largest absolute Gasteiger partial charge is 0.456 e. The van der Waals surface area contributed by atoms with E-state index in [2.05, 4.69) is 82.4 Å². The smallest absolute Gasteiger partial charge is 0.141 e. The van der Waals surface area contributed by atoms with E-state index in [0.29, 0.717) is 5.69 Å². The third-order valence-electron chi connectivity index (χ3n) is 6.51. The van der Waals surface area contributed by atoms with Gasteiger partial charge in [-0.15, -0.1) is 0 Å². The molecule has 7 aromatic rings. The summed E-state index contributed by atoms with van der Waals surface area (Å²) in [6, 6.07) is 35.2. The molecule has 0 aliphatic rings. The molecule has 0 saturated carbocycles. The highest BCUT2D eigenvalue weighted by Crippen LogP contribution is 2.42. The average Bonchev–Trinajstić information content (AvgIpc) is 3.44. The van der Waals surface area contributed by atoms with Crippen LogP contribution in [0.2, 0.25) is 0 Å². The van der Waals surface area contributed by atoms with Crippen LogP contribution in [-0.2, 0) is 0 Å². The van der Waals surface area contributed by atoms with Crippen molar-refractivity contribution in [3.63, 3.8) is 0 Å². The van der Waals surface area contributed by atoms with Crippen molar-refractivity contribution >= 4 is 43.7 Å². The first kappa shape index (κ1) is 18.7. The molecule has 34 heavy (non-hydrogen) atoms. The molecule has 0 saturated heterocycles. The number of pyridine rings is 1. The number of nitrogens with zero attached hydrogens (tertiary/aromatic N) is 3. The summed E-state index contributed by atoms with van der Waals surface area (Å²) in [5.41, 5.74) is 7.42. The van der Waals surface area contributed by atoms with E-state index in [-0.39, 0.29) is 0 Å². The van der Waals surface area contributed by atoms with Gasteiger partial charge in [-0.3, -0.25) is 0 Å². The molecule has 0 radical (unpaired) electrons. The van der Waals surface area contributed by atoms with Gasteiger partial charge in [-0.1, -0.05) is 54.6 Å². The number of para-hydroxylation sites is 3. The number of hydrogen-bond donors (Lipinski definition) is 0. The van der Waals surface area contributed by atoms with Crippen molar-refractivity contribution in [2.45, 2.75) is 0 Å². The van der Waals surface area contributed by atoms with Crippen LogP contribution in [0.1, 0.15) is 5.69 Å². The fourth-order valence-corrected chi connectivity index (χ4v) is 5.09. The topological polar surface area (TPSA) is 54.8 Å². The Hall–Kier alpha value is -4.88. The number of rotatable bonds is 2. The molecule has 0 aliphatic carbocycles. The molecule has 3 aromatic heterocycles. The van der Waals surface area contributed by atoms with Crippen LogP contribution in [0, 0.1) is 11.3 Å². The molecule has 4 heteroatoms. The first-order chi connectivity index (χ1) is 16.8. The highest BCUT2D eigenvalue weighted by Gasteiger charge is 2.20. The summed E-state index contributed by atoms with van der Waals surface area (Å²) in [6.45, 7) is 0. The van der Waals surface area contributed by atoms with E-state index in [1.165, 1.54) is 10.8 Å². The summed E-state index contributed by atoms with van der Waals surface area (Å²) in [6.07, 6.45) is 1.69. The predicted molar refractivity (Wildman–Crippen MR) is 136 cm³/mol. The zero-order chi connectivity index (χ0) is 22.6. The van der Waals surface area contributed by atoms with Gasteiger partial charge < -0.3 is 8.98 Å². The number of benzene rings is 4. The van der Waals surface area contributed by atoms with E-state index in [9.17, 15) is 5.26 Å². The molecule has 4 aromatic carbocycles. The number of fused-ring (bicyclic) bond motifs is 7. The molecule has 0 amide bonds. The summed E-state index contributed by atoms with van der Waals surface area (Å²) in [4.78, 5) is 4.16. The second-order valence-corrected chi connectivity index (χ2v) is 8.34. The van der Waals surface area contributed by atoms with Crippen LogP contribution in [0.3, 0.4) is 0 Å². The van der Waals surface area contributed by atoms with Crippen molar-refractivity contribution in [2.75, 3.05) is 0 Å². The Kier molecular flexibility index (Phi) is 3.88. The Morgan fingerprint density at radius 1 is 0.735 bits per heavy atom. The molecule has 158 valence electrons. The van der Waals surface area contributed by atoms with Crippen LogP contribution in [0.25, 0.3) is 60.6 Å². The Labute approximate surface area is 194 Å². The molecule has 0 bridgehead atoms. The zero-order valence-corrected chi connectivity index (χ0v) is 18.1. The van der Waals surface area contributed by atoms with E-state index in [4.69, 9.17) is 4.42 Å². The third kappa shape index (κ3) is 2.55. The quantitative estimate of drug-likeness (QED) is 0.281. The van der Waals surface area contributed by atoms with E-state index >= 15 is 0 Å². The molecular formula is C30H17N3O. The summed E-state index contributed by atoms with van der Waals surface area (Å²) < 4.78 is 8.57. The number of aromatic nitrogens is 2. The Balaban J connectivity index is 1.69. The predicted octanol–water partition coefficient (Wildman–Crippen LogP) is 7.62. The van der Waals surface area contributed by atoms with Gasteiger partial charge in [-0.05, 0) is 48.0 Å². The Morgan fingerprint density at radius 3 is 2.44 bits per heavy atom. The number of furan rings is 1. The first-order valence-electron chi connectivity index (χ1n) is 11.1. The van der Waals surface area contributed by atoms with Gasteiger partial charge in [0, 0.05) is 27.9 Å². The molecule has 0 unspecified atom stereocenters. The molecule has 0 spiro atoms. The summed E-state index contributed by atoms with van der Waals surface area (Å²) in [5.74, 6) is 0. The van der Waals surface area contributed by atoms with Gasteiger partial charge >= 0.3 is 0 Å². The van der Waals surface area contributed by atoms with Gasteiger partial charge in [0.2, 0.25) is 0 Å². The lowest BCUT2D eigenvalue weighted by molar-refractivity contribution is 0.669. The minimum atomic E-state index is 0.401. The lowest BCUT2D eigenvalue weighted by Crippen LogP contribution is -1.98. The average molecular weight is 435 g/mol. The van der Waals surface area contributed by atoms with Gasteiger partial charge in [-0.2, -0.15) is 5.26 Å². The molecule has 7 rings (SSSR count). The van der Waals surface area contributed by atoms with Crippen molar-refractivity contribution in [3.05, 3.63) is 109 Å². The molecule has 4 nitrogen and oxygen atoms in total. The fourth-order valence-electron chi connectivity index (χ4n) is 5.09. The highest BCUT2D eigenvalue weighted by molar-refractivity contribution is 6.24. The highest BCUT2D eigenvalue weighted by atomic mass is 16.3. The van der Waals surface area contributed by atoms with Gasteiger partial charge in [0.15, 0.2) is 0 Å². The summed E-state index contributed by atoms with van der Waals surface area (Å²) in [7, 11) is 0. The number of hydrogen-bond acceptors (Lipinski definition) is 3. The first-order valence-corrected chi connectivity index (χ1v) is 11.1. The molecular weight excluding hydrogens is 418 g/mol. The lowest BCUT2D eigenvalue weighted by atomic mass is 10.0. The molecule has 0 atom stereocenters. The van der Waals surface area contributed by atoms with Crippen molar-refractivity contribution in [2.24, 2.45) is 0 Å². The van der Waals surface area contributed by atoms with Crippen LogP contribution in [-0.4, -0.2) is 9.55 Å². The van der Waals surface area contributed by atoms with E-state index in [0.717, 1.165) is 49.8 Å². The summed E-state index contributed by atoms with van der Waals surface area (Å²) >= 11 is 0. The van der Waals surface area contributed by atoms with Gasteiger partial charge in [0.25, 0.3) is 0 Å². The van der Waals surface area contributed by atoms with Crippen LogP contribution in [0.5, 0.6) is 0 Å². The molecule has 0 aliphatic heterocycles. The fraction of sp³-hybridized carbons (Fsp3) is 0. The standard InChI is InChI=1S/C30H17N3O/c31-18-20-17-19(15-16-32-20)21-7-1-4-10-25(21)33-26-11-5-2-8-22(26)23-13-14-28-29(30(23)33)24-9-3-6-12-27(24)34-28/h1-17H. The van der Waals surface area contributed by atoms with E-state index in [1.54, 1.807) is 6.20 Å². The van der Waals surface area contributed by atoms with Crippen LogP contribution in [0.4, 0.5) is 0 Å². The molecule has 0 fully saturated rings. The van der Waals surface area contributed by atoms with Crippen molar-refractivity contribution in [3.8, 4) is 22.9 Å². The van der Waals surface area contributed by atoms with Crippen molar-refractivity contribution in [1.29, 1.82) is 5.26 Å². The van der Waals surface area contributed by atoms with Crippen molar-refractivity contribution in [1.82, 2.24) is 9.55 Å². The molecule has 0 N–H and O–H groups in total.